The second kappa shape index (κ2) is 8.00. The first kappa shape index (κ1) is 15.8. The number of benzene rings is 1. The van der Waals surface area contributed by atoms with Gasteiger partial charge in [0.2, 0.25) is 0 Å². The van der Waals surface area contributed by atoms with E-state index in [1.165, 1.54) is 0 Å². The Morgan fingerprint density at radius 2 is 2.00 bits per heavy atom. The van der Waals surface area contributed by atoms with E-state index in [2.05, 4.69) is 16.8 Å². The molecule has 5 nitrogen and oxygen atoms in total. The monoisotopic (exact) mass is 292 g/mol. The van der Waals surface area contributed by atoms with E-state index >= 15 is 0 Å². The topological polar surface area (TPSA) is 42.0 Å². The number of likely N-dealkylation sites (N-methyl/N-ethyl adjacent to an activating group) is 1. The lowest BCUT2D eigenvalue weighted by Crippen LogP contribution is -2.44. The Kier molecular flexibility index (Phi) is 6.02. The zero-order valence-corrected chi connectivity index (χ0v) is 12.9. The van der Waals surface area contributed by atoms with Crippen molar-refractivity contribution in [3.05, 3.63) is 23.8 Å². The van der Waals surface area contributed by atoms with Crippen LogP contribution < -0.4 is 9.47 Å². The molecule has 0 aromatic heterocycles. The standard InChI is InChI=1S/C16H24N2O3/c1-17-8-10-18(11-9-17)7-4-12-21-16-14(13-19)5-3-6-15(16)20-2/h3,5-6,13H,4,7-12H2,1-2H3. The van der Waals surface area contributed by atoms with Crippen molar-refractivity contribution in [2.24, 2.45) is 0 Å². The van der Waals surface area contributed by atoms with Crippen LogP contribution in [0.1, 0.15) is 16.8 Å². The molecule has 116 valence electrons. The number of methoxy groups -OCH3 is 1. The lowest BCUT2D eigenvalue weighted by Gasteiger charge is -2.32. The van der Waals surface area contributed by atoms with Gasteiger partial charge >= 0.3 is 0 Å². The number of rotatable bonds is 7. The van der Waals surface area contributed by atoms with Crippen LogP contribution in [0.5, 0.6) is 11.5 Å². The van der Waals surface area contributed by atoms with Gasteiger partial charge in [-0.3, -0.25) is 4.79 Å². The highest BCUT2D eigenvalue weighted by atomic mass is 16.5. The molecule has 0 unspecified atom stereocenters. The van der Waals surface area contributed by atoms with Crippen molar-refractivity contribution in [2.75, 3.05) is 53.5 Å². The molecule has 2 rings (SSSR count). The van der Waals surface area contributed by atoms with Crippen LogP contribution in [0, 0.1) is 0 Å². The van der Waals surface area contributed by atoms with Crippen molar-refractivity contribution < 1.29 is 14.3 Å². The predicted molar refractivity (Wildman–Crippen MR) is 82.4 cm³/mol. The van der Waals surface area contributed by atoms with Crippen LogP contribution >= 0.6 is 0 Å². The quantitative estimate of drug-likeness (QED) is 0.563. The molecule has 1 fully saturated rings. The Labute approximate surface area is 126 Å². The van der Waals surface area contributed by atoms with E-state index in [0.717, 1.165) is 45.4 Å². The molecule has 21 heavy (non-hydrogen) atoms. The summed E-state index contributed by atoms with van der Waals surface area (Å²) in [6.45, 7) is 6.10. The van der Waals surface area contributed by atoms with Gasteiger partial charge in [-0.1, -0.05) is 6.07 Å². The maximum Gasteiger partial charge on any atom is 0.171 e. The smallest absolute Gasteiger partial charge is 0.171 e. The molecular weight excluding hydrogens is 268 g/mol. The van der Waals surface area contributed by atoms with E-state index in [9.17, 15) is 4.79 Å². The van der Waals surface area contributed by atoms with Gasteiger partial charge in [-0.25, -0.2) is 0 Å². The van der Waals surface area contributed by atoms with Crippen molar-refractivity contribution in [2.45, 2.75) is 6.42 Å². The Balaban J connectivity index is 1.79. The first-order valence-electron chi connectivity index (χ1n) is 7.40. The normalized spacial score (nSPS) is 16.7. The van der Waals surface area contributed by atoms with Crippen LogP contribution in [0.15, 0.2) is 18.2 Å². The van der Waals surface area contributed by atoms with Gasteiger partial charge in [0.1, 0.15) is 0 Å². The molecule has 1 aliphatic rings. The molecule has 1 aromatic rings. The predicted octanol–water partition coefficient (Wildman–Crippen LogP) is 1.52. The summed E-state index contributed by atoms with van der Waals surface area (Å²) in [6, 6.07) is 5.34. The molecule has 0 aliphatic carbocycles. The van der Waals surface area contributed by atoms with Gasteiger partial charge in [-0.15, -0.1) is 0 Å². The summed E-state index contributed by atoms with van der Waals surface area (Å²) in [7, 11) is 3.74. The van der Waals surface area contributed by atoms with Crippen LogP contribution in [0.2, 0.25) is 0 Å². The molecular formula is C16H24N2O3. The third-order valence-corrected chi connectivity index (χ3v) is 3.82. The Morgan fingerprint density at radius 3 is 2.67 bits per heavy atom. The summed E-state index contributed by atoms with van der Waals surface area (Å²) in [5, 5.41) is 0. The maximum absolute atomic E-state index is 11.1. The largest absolute Gasteiger partial charge is 0.493 e. The van der Waals surface area contributed by atoms with Crippen LogP contribution in [0.25, 0.3) is 0 Å². The number of carbonyl (C=O) groups excluding carboxylic acids is 1. The van der Waals surface area contributed by atoms with Crippen molar-refractivity contribution >= 4 is 6.29 Å². The lowest BCUT2D eigenvalue weighted by atomic mass is 10.2. The first-order valence-corrected chi connectivity index (χ1v) is 7.40. The Hall–Kier alpha value is -1.59. The minimum absolute atomic E-state index is 0.536. The highest BCUT2D eigenvalue weighted by Gasteiger charge is 2.14. The third kappa shape index (κ3) is 4.44. The molecule has 0 spiro atoms. The molecule has 0 amide bonds. The van der Waals surface area contributed by atoms with Gasteiger partial charge in [0, 0.05) is 32.7 Å². The van der Waals surface area contributed by atoms with Gasteiger partial charge in [-0.05, 0) is 25.6 Å². The van der Waals surface area contributed by atoms with E-state index in [1.807, 2.05) is 6.07 Å². The van der Waals surface area contributed by atoms with E-state index in [-0.39, 0.29) is 0 Å². The summed E-state index contributed by atoms with van der Waals surface area (Å²) in [4.78, 5) is 15.9. The molecule has 0 N–H and O–H groups in total. The van der Waals surface area contributed by atoms with E-state index in [1.54, 1.807) is 19.2 Å². The summed E-state index contributed by atoms with van der Waals surface area (Å²) < 4.78 is 11.0. The lowest BCUT2D eigenvalue weighted by molar-refractivity contribution is 0.111. The van der Waals surface area contributed by atoms with E-state index in [4.69, 9.17) is 9.47 Å². The van der Waals surface area contributed by atoms with Gasteiger partial charge < -0.3 is 19.3 Å². The van der Waals surface area contributed by atoms with E-state index in [0.29, 0.717) is 23.7 Å². The molecule has 0 radical (unpaired) electrons. The fourth-order valence-electron chi connectivity index (χ4n) is 2.47. The average molecular weight is 292 g/mol. The summed E-state index contributed by atoms with van der Waals surface area (Å²) in [5.41, 5.74) is 0.536. The number of ether oxygens (including phenoxy) is 2. The van der Waals surface area contributed by atoms with Crippen molar-refractivity contribution in [1.29, 1.82) is 0 Å². The SMILES string of the molecule is COc1cccc(C=O)c1OCCCN1CCN(C)CC1. The van der Waals surface area contributed by atoms with Gasteiger partial charge in [0.25, 0.3) is 0 Å². The molecule has 0 atom stereocenters. The first-order chi connectivity index (χ1) is 10.2. The summed E-state index contributed by atoms with van der Waals surface area (Å²) >= 11 is 0. The third-order valence-electron chi connectivity index (χ3n) is 3.82. The number of aldehydes is 1. The number of hydrogen-bond acceptors (Lipinski definition) is 5. The van der Waals surface area contributed by atoms with Crippen molar-refractivity contribution in [1.82, 2.24) is 9.80 Å². The molecule has 1 aliphatic heterocycles. The van der Waals surface area contributed by atoms with E-state index < -0.39 is 0 Å². The highest BCUT2D eigenvalue weighted by Crippen LogP contribution is 2.30. The van der Waals surface area contributed by atoms with Crippen LogP contribution in [-0.2, 0) is 0 Å². The summed E-state index contributed by atoms with van der Waals surface area (Å²) in [6.07, 6.45) is 1.75. The second-order valence-corrected chi connectivity index (χ2v) is 5.34. The molecule has 1 aromatic carbocycles. The van der Waals surface area contributed by atoms with Gasteiger partial charge in [-0.2, -0.15) is 0 Å². The van der Waals surface area contributed by atoms with Crippen molar-refractivity contribution in [3.8, 4) is 11.5 Å². The van der Waals surface area contributed by atoms with Crippen LogP contribution in [0.4, 0.5) is 0 Å². The van der Waals surface area contributed by atoms with Crippen LogP contribution in [-0.4, -0.2) is 69.6 Å². The summed E-state index contributed by atoms with van der Waals surface area (Å²) in [5.74, 6) is 1.16. The van der Waals surface area contributed by atoms with Gasteiger partial charge in [0.05, 0.1) is 19.3 Å². The fraction of sp³-hybridized carbons (Fsp3) is 0.562. The number of para-hydroxylation sites is 1. The zero-order chi connectivity index (χ0) is 15.1. The number of nitrogens with zero attached hydrogens (tertiary/aromatic N) is 2. The fourth-order valence-corrected chi connectivity index (χ4v) is 2.47. The number of piperazine rings is 1. The minimum Gasteiger partial charge on any atom is -0.493 e. The second-order valence-electron chi connectivity index (χ2n) is 5.34. The van der Waals surface area contributed by atoms with Crippen molar-refractivity contribution in [3.63, 3.8) is 0 Å². The zero-order valence-electron chi connectivity index (χ0n) is 12.9. The maximum atomic E-state index is 11.1. The molecule has 0 saturated carbocycles. The van der Waals surface area contributed by atoms with Gasteiger partial charge in [0.15, 0.2) is 17.8 Å². The Morgan fingerprint density at radius 1 is 1.24 bits per heavy atom. The molecule has 1 saturated heterocycles. The minimum atomic E-state index is 0.536. The Bertz CT molecular complexity index is 457. The molecule has 1 heterocycles. The number of carbonyl (C=O) groups is 1. The molecule has 0 bridgehead atoms. The molecule has 5 heteroatoms. The number of hydrogen-bond donors (Lipinski definition) is 0. The average Bonchev–Trinajstić information content (AvgIpc) is 2.53. The highest BCUT2D eigenvalue weighted by molar-refractivity contribution is 5.81. The van der Waals surface area contributed by atoms with Crippen LogP contribution in [0.3, 0.4) is 0 Å².